The van der Waals surface area contributed by atoms with Gasteiger partial charge in [0.1, 0.15) is 0 Å². The summed E-state index contributed by atoms with van der Waals surface area (Å²) in [4.78, 5) is 0. The van der Waals surface area contributed by atoms with E-state index in [4.69, 9.17) is 9.92 Å². The fourth-order valence-electron chi connectivity index (χ4n) is 5.81. The molecule has 134 valence electrons. The van der Waals surface area contributed by atoms with E-state index in [0.29, 0.717) is 23.7 Å². The van der Waals surface area contributed by atoms with Gasteiger partial charge in [0, 0.05) is 12.1 Å². The summed E-state index contributed by atoms with van der Waals surface area (Å²) in [5.41, 5.74) is 0. The normalized spacial score (nSPS) is 43.1. The summed E-state index contributed by atoms with van der Waals surface area (Å²) < 4.78 is 50.0. The molecule has 7 atom stereocenters. The Balaban J connectivity index is 0.00000169. The van der Waals surface area contributed by atoms with Crippen molar-refractivity contribution in [2.24, 2.45) is 28.8 Å². The van der Waals surface area contributed by atoms with Gasteiger partial charge < -0.3 is 0 Å². The van der Waals surface area contributed by atoms with Crippen LogP contribution in [0.2, 0.25) is 0 Å². The molecule has 0 heterocycles. The van der Waals surface area contributed by atoms with E-state index in [1.54, 1.807) is 4.31 Å². The fraction of sp³-hybridized carbons (Fsp3) is 1.00. The van der Waals surface area contributed by atoms with Gasteiger partial charge in [0.05, 0.1) is 0 Å². The van der Waals surface area contributed by atoms with E-state index < -0.39 is 20.5 Å². The van der Waals surface area contributed by atoms with Crippen LogP contribution in [0.5, 0.6) is 0 Å². The number of nitrogens with one attached hydrogen (secondary N) is 1. The van der Waals surface area contributed by atoms with Crippen molar-refractivity contribution in [3.8, 4) is 0 Å². The van der Waals surface area contributed by atoms with E-state index in [1.165, 1.54) is 12.8 Å². The molecule has 10 heteroatoms. The molecule has 4 rings (SSSR count). The third-order valence-electron chi connectivity index (χ3n) is 6.52. The molecule has 0 aromatic rings. The van der Waals surface area contributed by atoms with Crippen molar-refractivity contribution in [1.29, 1.82) is 4.78 Å². The number of hydrogen-bond donors (Lipinski definition) is 2. The van der Waals surface area contributed by atoms with E-state index in [1.807, 2.05) is 0 Å². The average Bonchev–Trinajstić information content (AvgIpc) is 3.16. The molecule has 0 radical (unpaired) electrons. The predicted molar refractivity (Wildman–Crippen MR) is 92.5 cm³/mol. The van der Waals surface area contributed by atoms with Crippen LogP contribution >= 0.6 is 0 Å². The minimum atomic E-state index is -4.42. The van der Waals surface area contributed by atoms with Crippen LogP contribution in [-0.2, 0) is 24.1 Å². The third kappa shape index (κ3) is 3.60. The monoisotopic (exact) mass is 387 g/mol. The van der Waals surface area contributed by atoms with E-state index >= 15 is 0 Å². The number of nitrogens with zero attached hydrogens (tertiary/aromatic N) is 1. The molecular weight excluding hydrogens is 361 g/mol. The second kappa shape index (κ2) is 6.74. The molecule has 0 amide bonds. The number of rotatable bonds is 5. The van der Waals surface area contributed by atoms with Gasteiger partial charge >= 0.3 is 39.9 Å². The van der Waals surface area contributed by atoms with Gasteiger partial charge in [0.2, 0.25) is 10.2 Å². The molecule has 4 fully saturated rings. The van der Waals surface area contributed by atoms with Gasteiger partial charge in [-0.2, -0.15) is 12.7 Å². The van der Waals surface area contributed by atoms with Crippen molar-refractivity contribution in [1.82, 2.24) is 4.31 Å². The molecule has 0 saturated heterocycles. The fourth-order valence-corrected chi connectivity index (χ4v) is 8.35. The van der Waals surface area contributed by atoms with Crippen LogP contribution in [-0.4, -0.2) is 58.6 Å². The Bertz CT molecular complexity index is 671. The minimum absolute atomic E-state index is 0. The molecule has 4 saturated carbocycles. The molecule has 0 spiro atoms. The van der Waals surface area contributed by atoms with E-state index in [2.05, 4.69) is 3.63 Å². The van der Waals surface area contributed by atoms with Crippen LogP contribution in [0.15, 0.2) is 0 Å². The van der Waals surface area contributed by atoms with Crippen molar-refractivity contribution in [3.05, 3.63) is 0 Å². The molecule has 7 nitrogen and oxygen atoms in total. The van der Waals surface area contributed by atoms with Crippen LogP contribution in [0.3, 0.4) is 0 Å². The summed E-state index contributed by atoms with van der Waals surface area (Å²) in [6.07, 6.45) is 8.57. The van der Waals surface area contributed by atoms with Crippen LogP contribution in [0, 0.1) is 28.5 Å². The van der Waals surface area contributed by atoms with Crippen molar-refractivity contribution in [3.63, 3.8) is 0 Å². The number of fused-ring (bicyclic) bond motifs is 4. The Hall–Kier alpha value is 0.780. The molecule has 0 aliphatic heterocycles. The van der Waals surface area contributed by atoms with Gasteiger partial charge in [-0.25, -0.2) is 14.1 Å². The summed E-state index contributed by atoms with van der Waals surface area (Å²) >= 11 is 0. The Labute approximate surface area is 166 Å². The summed E-state index contributed by atoms with van der Waals surface area (Å²) in [7, 11) is -8.29. The topological polar surface area (TPSA) is 114 Å². The van der Waals surface area contributed by atoms with Gasteiger partial charge in [-0.3, -0.25) is 0 Å². The van der Waals surface area contributed by atoms with Gasteiger partial charge in [0.25, 0.3) is 0 Å². The first-order chi connectivity index (χ1) is 10.7. The Morgan fingerprint density at radius 3 is 1.62 bits per heavy atom. The Morgan fingerprint density at radius 2 is 1.33 bits per heavy atom. The molecule has 4 bridgehead atoms. The molecule has 24 heavy (non-hydrogen) atoms. The molecule has 0 aromatic carbocycles. The zero-order chi connectivity index (χ0) is 16.4. The number of hydrogen-bond acceptors (Lipinski definition) is 5. The van der Waals surface area contributed by atoms with E-state index in [-0.39, 0.29) is 41.6 Å². The van der Waals surface area contributed by atoms with Crippen molar-refractivity contribution < 1.29 is 16.3 Å². The first-order valence-corrected chi connectivity index (χ1v) is 11.4. The molecule has 0 aromatic heterocycles. The first-order valence-electron chi connectivity index (χ1n) is 8.54. The van der Waals surface area contributed by atoms with Gasteiger partial charge in [-0.1, -0.05) is 12.8 Å². The summed E-state index contributed by atoms with van der Waals surface area (Å²) in [5.74, 6) is 2.07. The van der Waals surface area contributed by atoms with Gasteiger partial charge in [0.15, 0.2) is 0 Å². The van der Waals surface area contributed by atoms with Crippen LogP contribution < -0.4 is 5.14 Å². The maximum atomic E-state index is 12.9. The first kappa shape index (κ1) is 19.5. The maximum absolute atomic E-state index is 12.9. The number of nitrogens with two attached hydrogens (primary N) is 1. The van der Waals surface area contributed by atoms with Crippen LogP contribution in [0.1, 0.15) is 51.4 Å². The van der Waals surface area contributed by atoms with Crippen LogP contribution in [0.25, 0.3) is 0 Å². The second-order valence-corrected chi connectivity index (χ2v) is 10.8. The van der Waals surface area contributed by atoms with Crippen molar-refractivity contribution in [2.45, 2.75) is 63.5 Å². The molecular formula is C14H26N3NaO4S2. The molecule has 4 aliphatic carbocycles. The zero-order valence-corrected chi connectivity index (χ0v) is 14.7. The quantitative estimate of drug-likeness (QED) is 0.688. The van der Waals surface area contributed by atoms with Crippen molar-refractivity contribution in [2.75, 3.05) is 0 Å². The molecule has 4 aliphatic rings. The SMILES string of the molecule is N=S(=O)(OS(N)(=O)=O)N(C1CC2CCC1C2)C1CC2CCC1C2.[NaH]. The Kier molecular flexibility index (Phi) is 5.49. The van der Waals surface area contributed by atoms with Crippen molar-refractivity contribution >= 4 is 50.1 Å². The third-order valence-corrected chi connectivity index (χ3v) is 9.11. The summed E-state index contributed by atoms with van der Waals surface area (Å²) in [5, 5.41) is 4.93. The zero-order valence-electron chi connectivity index (χ0n) is 13.1. The van der Waals surface area contributed by atoms with Gasteiger partial charge in [-0.05, 0) is 62.2 Å². The van der Waals surface area contributed by atoms with Gasteiger partial charge in [-0.15, -0.1) is 3.63 Å². The molecule has 3 N–H and O–H groups in total. The average molecular weight is 388 g/mol. The summed E-state index contributed by atoms with van der Waals surface area (Å²) in [6, 6.07) is 0.00898. The van der Waals surface area contributed by atoms with Crippen LogP contribution in [0.4, 0.5) is 0 Å². The second-order valence-electron chi connectivity index (χ2n) is 7.88. The standard InChI is InChI=1S/C14H25N3O4S2.Na.H/c15-22(18,21-23(16,19)20)17(13-7-9-1-3-11(13)5-9)14-8-10-2-4-12(14)6-10;;/h9-15H,1-8H2,(H2,16,19,20);;. The van der Waals surface area contributed by atoms with E-state index in [9.17, 15) is 12.6 Å². The summed E-state index contributed by atoms with van der Waals surface area (Å²) in [6.45, 7) is 0. The predicted octanol–water partition coefficient (Wildman–Crippen LogP) is 1.11. The Morgan fingerprint density at radius 1 is 0.875 bits per heavy atom. The van der Waals surface area contributed by atoms with E-state index in [0.717, 1.165) is 38.5 Å². The molecule has 7 unspecified atom stereocenters.